The molecule has 1 aliphatic carbocycles. The molecule has 3 heteroatoms. The maximum absolute atomic E-state index is 10.9. The van der Waals surface area contributed by atoms with Gasteiger partial charge in [0, 0.05) is 19.7 Å². The van der Waals surface area contributed by atoms with Gasteiger partial charge >= 0.3 is 0 Å². The van der Waals surface area contributed by atoms with Crippen molar-refractivity contribution in [1.29, 1.82) is 0 Å². The van der Waals surface area contributed by atoms with Crippen LogP contribution >= 0.6 is 0 Å². The summed E-state index contributed by atoms with van der Waals surface area (Å²) in [4.78, 5) is 0. The van der Waals surface area contributed by atoms with Crippen LogP contribution in [0.3, 0.4) is 0 Å². The highest BCUT2D eigenvalue weighted by Crippen LogP contribution is 2.40. The van der Waals surface area contributed by atoms with E-state index >= 15 is 0 Å². The molecular weight excluding hydrogens is 212 g/mol. The molecule has 0 bridgehead atoms. The maximum atomic E-state index is 10.9. The van der Waals surface area contributed by atoms with Gasteiger partial charge in [-0.05, 0) is 30.7 Å². The molecule has 0 spiro atoms. The van der Waals surface area contributed by atoms with Crippen LogP contribution in [0.5, 0.6) is 0 Å². The Bertz CT molecular complexity index is 372. The van der Waals surface area contributed by atoms with E-state index in [1.54, 1.807) is 0 Å². The van der Waals surface area contributed by atoms with Crippen molar-refractivity contribution in [1.82, 2.24) is 9.78 Å². The van der Waals surface area contributed by atoms with Gasteiger partial charge in [0.1, 0.15) is 0 Å². The highest BCUT2D eigenvalue weighted by atomic mass is 16.3. The fraction of sp³-hybridized carbons (Fsp3) is 0.786. The molecule has 3 nitrogen and oxygen atoms in total. The van der Waals surface area contributed by atoms with Gasteiger partial charge in [-0.1, -0.05) is 26.7 Å². The first kappa shape index (κ1) is 12.6. The van der Waals surface area contributed by atoms with E-state index in [9.17, 15) is 5.11 Å². The molecule has 0 aliphatic heterocycles. The van der Waals surface area contributed by atoms with Crippen LogP contribution in [0.4, 0.5) is 0 Å². The quantitative estimate of drug-likeness (QED) is 0.875. The highest BCUT2D eigenvalue weighted by Gasteiger charge is 2.40. The molecule has 96 valence electrons. The van der Waals surface area contributed by atoms with E-state index in [0.29, 0.717) is 18.3 Å². The third kappa shape index (κ3) is 2.71. The van der Waals surface area contributed by atoms with Crippen molar-refractivity contribution in [3.05, 3.63) is 18.0 Å². The van der Waals surface area contributed by atoms with Crippen molar-refractivity contribution in [2.75, 3.05) is 0 Å². The Morgan fingerprint density at radius 1 is 1.53 bits per heavy atom. The monoisotopic (exact) mass is 236 g/mol. The van der Waals surface area contributed by atoms with E-state index in [1.807, 2.05) is 24.0 Å². The van der Waals surface area contributed by atoms with Crippen LogP contribution in [0.1, 0.15) is 45.2 Å². The van der Waals surface area contributed by atoms with Crippen LogP contribution in [0.2, 0.25) is 0 Å². The Hall–Kier alpha value is -0.830. The zero-order valence-corrected chi connectivity index (χ0v) is 11.2. The maximum Gasteiger partial charge on any atom is 0.0734 e. The van der Waals surface area contributed by atoms with Crippen molar-refractivity contribution < 1.29 is 5.11 Å². The molecule has 1 aromatic rings. The molecule has 0 saturated heterocycles. The topological polar surface area (TPSA) is 38.0 Å². The van der Waals surface area contributed by atoms with Crippen LogP contribution in [0.25, 0.3) is 0 Å². The van der Waals surface area contributed by atoms with Gasteiger partial charge in [0.2, 0.25) is 0 Å². The van der Waals surface area contributed by atoms with Crippen LogP contribution in [0, 0.1) is 11.8 Å². The standard InChI is InChI=1S/C14H24N2O/c1-11(2)13-6-4-5-8-14(13,17)10-12-7-9-16(3)15-12/h7,9,11,13,17H,4-6,8,10H2,1-3H3. The number of aryl methyl sites for hydroxylation is 1. The largest absolute Gasteiger partial charge is 0.389 e. The zero-order valence-electron chi connectivity index (χ0n) is 11.2. The summed E-state index contributed by atoms with van der Waals surface area (Å²) in [7, 11) is 1.92. The Morgan fingerprint density at radius 2 is 2.29 bits per heavy atom. The number of hydrogen-bond donors (Lipinski definition) is 1. The molecule has 0 amide bonds. The first-order valence-corrected chi connectivity index (χ1v) is 6.72. The van der Waals surface area contributed by atoms with E-state index in [-0.39, 0.29) is 0 Å². The average molecular weight is 236 g/mol. The second-order valence-electron chi connectivity index (χ2n) is 5.86. The fourth-order valence-corrected chi connectivity index (χ4v) is 3.29. The first-order valence-electron chi connectivity index (χ1n) is 6.72. The number of aliphatic hydroxyl groups is 1. The lowest BCUT2D eigenvalue weighted by molar-refractivity contribution is -0.0659. The average Bonchev–Trinajstić information content (AvgIpc) is 2.63. The molecule has 1 N–H and O–H groups in total. The predicted octanol–water partition coefficient (Wildman–Crippen LogP) is 2.54. The second kappa shape index (κ2) is 4.81. The molecule has 17 heavy (non-hydrogen) atoms. The van der Waals surface area contributed by atoms with Crippen LogP contribution in [-0.4, -0.2) is 20.5 Å². The summed E-state index contributed by atoms with van der Waals surface area (Å²) >= 11 is 0. The van der Waals surface area contributed by atoms with Crippen molar-refractivity contribution in [2.24, 2.45) is 18.9 Å². The minimum atomic E-state index is -0.541. The van der Waals surface area contributed by atoms with Gasteiger partial charge in [-0.2, -0.15) is 5.10 Å². The van der Waals surface area contributed by atoms with Gasteiger partial charge in [0.25, 0.3) is 0 Å². The molecular formula is C14H24N2O. The molecule has 0 radical (unpaired) electrons. The number of nitrogens with zero attached hydrogens (tertiary/aromatic N) is 2. The van der Waals surface area contributed by atoms with E-state index in [2.05, 4.69) is 18.9 Å². The number of aromatic nitrogens is 2. The Balaban J connectivity index is 2.14. The Morgan fingerprint density at radius 3 is 2.88 bits per heavy atom. The van der Waals surface area contributed by atoms with Gasteiger partial charge in [-0.25, -0.2) is 0 Å². The Labute approximate surface area is 104 Å². The van der Waals surface area contributed by atoms with Gasteiger partial charge < -0.3 is 5.11 Å². The lowest BCUT2D eigenvalue weighted by Crippen LogP contribution is -2.45. The smallest absolute Gasteiger partial charge is 0.0734 e. The molecule has 1 aliphatic rings. The number of hydrogen-bond acceptors (Lipinski definition) is 2. The molecule has 1 heterocycles. The molecule has 1 fully saturated rings. The van der Waals surface area contributed by atoms with Crippen LogP contribution in [0.15, 0.2) is 12.3 Å². The van der Waals surface area contributed by atoms with Crippen molar-refractivity contribution in [3.8, 4) is 0 Å². The van der Waals surface area contributed by atoms with Gasteiger partial charge in [0.05, 0.1) is 11.3 Å². The molecule has 2 rings (SSSR count). The SMILES string of the molecule is CC(C)C1CCCCC1(O)Cc1ccn(C)n1. The minimum absolute atomic E-state index is 0.415. The molecule has 0 aromatic carbocycles. The number of rotatable bonds is 3. The fourth-order valence-electron chi connectivity index (χ4n) is 3.29. The van der Waals surface area contributed by atoms with Gasteiger partial charge in [-0.15, -0.1) is 0 Å². The highest BCUT2D eigenvalue weighted by molar-refractivity contribution is 5.06. The predicted molar refractivity (Wildman–Crippen MR) is 68.7 cm³/mol. The van der Waals surface area contributed by atoms with Crippen LogP contribution < -0.4 is 0 Å². The summed E-state index contributed by atoms with van der Waals surface area (Å²) < 4.78 is 1.81. The Kier molecular flexibility index (Phi) is 3.57. The molecule has 1 aromatic heterocycles. The van der Waals surface area contributed by atoms with Gasteiger partial charge in [-0.3, -0.25) is 4.68 Å². The third-order valence-corrected chi connectivity index (χ3v) is 4.13. The van der Waals surface area contributed by atoms with E-state index in [1.165, 1.54) is 6.42 Å². The second-order valence-corrected chi connectivity index (χ2v) is 5.86. The third-order valence-electron chi connectivity index (χ3n) is 4.13. The van der Waals surface area contributed by atoms with E-state index in [4.69, 9.17) is 0 Å². The normalized spacial score (nSPS) is 29.8. The van der Waals surface area contributed by atoms with Crippen molar-refractivity contribution in [3.63, 3.8) is 0 Å². The van der Waals surface area contributed by atoms with E-state index in [0.717, 1.165) is 25.0 Å². The molecule has 1 saturated carbocycles. The summed E-state index contributed by atoms with van der Waals surface area (Å²) in [5, 5.41) is 15.3. The van der Waals surface area contributed by atoms with Crippen molar-refractivity contribution >= 4 is 0 Å². The van der Waals surface area contributed by atoms with E-state index < -0.39 is 5.60 Å². The summed E-state index contributed by atoms with van der Waals surface area (Å²) in [6.45, 7) is 4.44. The lowest BCUT2D eigenvalue weighted by Gasteiger charge is -2.42. The lowest BCUT2D eigenvalue weighted by atomic mass is 9.68. The van der Waals surface area contributed by atoms with Crippen LogP contribution in [-0.2, 0) is 13.5 Å². The zero-order chi connectivity index (χ0) is 12.5. The summed E-state index contributed by atoms with van der Waals surface area (Å²) in [5.41, 5.74) is 0.475. The minimum Gasteiger partial charge on any atom is -0.389 e. The van der Waals surface area contributed by atoms with Gasteiger partial charge in [0.15, 0.2) is 0 Å². The molecule has 2 atom stereocenters. The van der Waals surface area contributed by atoms with Crippen molar-refractivity contribution in [2.45, 2.75) is 51.6 Å². The first-order chi connectivity index (χ1) is 8.01. The molecule has 2 unspecified atom stereocenters. The summed E-state index contributed by atoms with van der Waals surface area (Å²) in [6, 6.07) is 2.02. The summed E-state index contributed by atoms with van der Waals surface area (Å²) in [6.07, 6.45) is 7.13. The summed E-state index contributed by atoms with van der Waals surface area (Å²) in [5.74, 6) is 0.960.